The second-order valence-electron chi connectivity index (χ2n) is 5.68. The normalized spacial score (nSPS) is 12.6. The number of ether oxygens (including phenoxy) is 1. The predicted molar refractivity (Wildman–Crippen MR) is 68.4 cm³/mol. The summed E-state index contributed by atoms with van der Waals surface area (Å²) in [6, 6.07) is 0. The highest BCUT2D eigenvalue weighted by Crippen LogP contribution is 2.36. The second kappa shape index (κ2) is 6.27. The van der Waals surface area contributed by atoms with Crippen LogP contribution in [0.4, 0.5) is 0 Å². The molecule has 0 aliphatic carbocycles. The molecule has 0 radical (unpaired) electrons. The van der Waals surface area contributed by atoms with E-state index in [-0.39, 0.29) is 17.0 Å². The van der Waals surface area contributed by atoms with Crippen LogP contribution in [0.1, 0.15) is 73.6 Å². The first-order valence-corrected chi connectivity index (χ1v) is 6.48. The second-order valence-corrected chi connectivity index (χ2v) is 5.68. The van der Waals surface area contributed by atoms with Gasteiger partial charge in [-0.2, -0.15) is 0 Å². The molecule has 0 aromatic heterocycles. The molecule has 0 amide bonds. The highest BCUT2D eigenvalue weighted by molar-refractivity contribution is 5.69. The number of hydrogen-bond acceptors (Lipinski definition) is 2. The highest BCUT2D eigenvalue weighted by Gasteiger charge is 2.38. The first kappa shape index (κ1) is 15.5. The largest absolute Gasteiger partial charge is 0.459 e. The number of unbranched alkanes of at least 4 members (excludes halogenated alkanes) is 2. The molecule has 0 bridgehead atoms. The third-order valence-corrected chi connectivity index (χ3v) is 3.87. The van der Waals surface area contributed by atoms with Crippen molar-refractivity contribution in [2.75, 3.05) is 0 Å². The molecule has 0 spiro atoms. The van der Waals surface area contributed by atoms with Crippen molar-refractivity contribution in [3.8, 4) is 0 Å². The van der Waals surface area contributed by atoms with Gasteiger partial charge in [0, 0.05) is 11.8 Å². The summed E-state index contributed by atoms with van der Waals surface area (Å²) in [6.45, 7) is 12.6. The Morgan fingerprint density at radius 2 is 1.62 bits per heavy atom. The van der Waals surface area contributed by atoms with Gasteiger partial charge in [-0.3, -0.25) is 4.79 Å². The van der Waals surface area contributed by atoms with Gasteiger partial charge >= 0.3 is 5.97 Å². The molecule has 2 nitrogen and oxygen atoms in total. The summed E-state index contributed by atoms with van der Waals surface area (Å²) >= 11 is 0. The minimum Gasteiger partial charge on any atom is -0.459 e. The summed E-state index contributed by atoms with van der Waals surface area (Å²) in [5, 5.41) is 0. The van der Waals surface area contributed by atoms with Gasteiger partial charge < -0.3 is 4.74 Å². The van der Waals surface area contributed by atoms with E-state index in [4.69, 9.17) is 4.74 Å². The van der Waals surface area contributed by atoms with Crippen LogP contribution < -0.4 is 0 Å². The molecule has 0 aromatic carbocycles. The third-order valence-electron chi connectivity index (χ3n) is 3.87. The maximum Gasteiger partial charge on any atom is 0.306 e. The lowest BCUT2D eigenvalue weighted by Crippen LogP contribution is -2.42. The summed E-state index contributed by atoms with van der Waals surface area (Å²) in [5.41, 5.74) is -0.363. The molecule has 0 atom stereocenters. The van der Waals surface area contributed by atoms with E-state index in [1.54, 1.807) is 0 Å². The average molecular weight is 228 g/mol. The minimum absolute atomic E-state index is 0.0212. The average Bonchev–Trinajstić information content (AvgIpc) is 2.17. The van der Waals surface area contributed by atoms with E-state index in [0.29, 0.717) is 6.42 Å². The van der Waals surface area contributed by atoms with E-state index in [1.807, 2.05) is 13.8 Å². The van der Waals surface area contributed by atoms with E-state index in [1.165, 1.54) is 0 Å². The lowest BCUT2D eigenvalue weighted by atomic mass is 9.75. The van der Waals surface area contributed by atoms with Crippen molar-refractivity contribution >= 4 is 5.97 Å². The van der Waals surface area contributed by atoms with Crippen LogP contribution in [0.3, 0.4) is 0 Å². The van der Waals surface area contributed by atoms with Crippen LogP contribution in [-0.4, -0.2) is 11.6 Å². The Morgan fingerprint density at radius 1 is 1.06 bits per heavy atom. The number of hydrogen-bond donors (Lipinski definition) is 0. The molecule has 0 saturated carbocycles. The van der Waals surface area contributed by atoms with Crippen molar-refractivity contribution in [3.05, 3.63) is 0 Å². The molecule has 0 unspecified atom stereocenters. The van der Waals surface area contributed by atoms with Gasteiger partial charge in [0.15, 0.2) is 0 Å². The van der Waals surface area contributed by atoms with Gasteiger partial charge in [-0.1, -0.05) is 40.5 Å². The zero-order chi connectivity index (χ0) is 12.8. The Labute approximate surface area is 101 Å². The molecule has 0 aromatic rings. The van der Waals surface area contributed by atoms with E-state index in [9.17, 15) is 4.79 Å². The zero-order valence-corrected chi connectivity index (χ0v) is 11.9. The minimum atomic E-state index is -0.384. The number of rotatable bonds is 7. The molecule has 0 N–H and O–H groups in total. The lowest BCUT2D eigenvalue weighted by Gasteiger charge is -2.40. The van der Waals surface area contributed by atoms with Gasteiger partial charge in [0.2, 0.25) is 0 Å². The van der Waals surface area contributed by atoms with Crippen molar-refractivity contribution in [3.63, 3.8) is 0 Å². The smallest absolute Gasteiger partial charge is 0.306 e. The van der Waals surface area contributed by atoms with Crippen LogP contribution in [0.15, 0.2) is 0 Å². The standard InChI is InChI=1S/C14H28O2/c1-7-9-10-11-12(15)16-14(5,6)13(3,4)8-2/h7-11H2,1-6H3. The summed E-state index contributed by atoms with van der Waals surface area (Å²) in [4.78, 5) is 11.7. The van der Waals surface area contributed by atoms with Crippen LogP contribution in [0.5, 0.6) is 0 Å². The first-order chi connectivity index (χ1) is 7.27. The lowest BCUT2D eigenvalue weighted by molar-refractivity contribution is -0.168. The summed E-state index contributed by atoms with van der Waals surface area (Å²) in [5.74, 6) is -0.0556. The Morgan fingerprint density at radius 3 is 2.06 bits per heavy atom. The molecule has 16 heavy (non-hydrogen) atoms. The van der Waals surface area contributed by atoms with Crippen molar-refractivity contribution < 1.29 is 9.53 Å². The van der Waals surface area contributed by atoms with Gasteiger partial charge in [0.25, 0.3) is 0 Å². The van der Waals surface area contributed by atoms with E-state index >= 15 is 0 Å². The Balaban J connectivity index is 4.20. The van der Waals surface area contributed by atoms with Crippen LogP contribution in [0.25, 0.3) is 0 Å². The molecular weight excluding hydrogens is 200 g/mol. The molecule has 0 rings (SSSR count). The zero-order valence-electron chi connectivity index (χ0n) is 11.9. The maximum atomic E-state index is 11.7. The summed E-state index contributed by atoms with van der Waals surface area (Å²) in [7, 11) is 0. The molecule has 96 valence electrons. The monoisotopic (exact) mass is 228 g/mol. The van der Waals surface area contributed by atoms with Crippen LogP contribution in [0, 0.1) is 5.41 Å². The number of carbonyl (C=O) groups excluding carboxylic acids is 1. The van der Waals surface area contributed by atoms with Gasteiger partial charge in [0.05, 0.1) is 0 Å². The van der Waals surface area contributed by atoms with Gasteiger partial charge in [0.1, 0.15) is 5.60 Å². The molecular formula is C14H28O2. The van der Waals surface area contributed by atoms with Gasteiger partial charge in [-0.25, -0.2) is 0 Å². The van der Waals surface area contributed by atoms with E-state index in [0.717, 1.165) is 25.7 Å². The summed E-state index contributed by atoms with van der Waals surface area (Å²) < 4.78 is 5.60. The van der Waals surface area contributed by atoms with Crippen molar-refractivity contribution in [2.24, 2.45) is 5.41 Å². The molecule has 0 saturated heterocycles. The molecule has 0 heterocycles. The summed E-state index contributed by atoms with van der Waals surface area (Å²) in [6.07, 6.45) is 4.74. The van der Waals surface area contributed by atoms with Crippen molar-refractivity contribution in [2.45, 2.75) is 79.2 Å². The SMILES string of the molecule is CCCCCC(=O)OC(C)(C)C(C)(C)CC. The van der Waals surface area contributed by atoms with E-state index < -0.39 is 0 Å². The van der Waals surface area contributed by atoms with Crippen molar-refractivity contribution in [1.82, 2.24) is 0 Å². The number of esters is 1. The Hall–Kier alpha value is -0.530. The van der Waals surface area contributed by atoms with Gasteiger partial charge in [-0.15, -0.1) is 0 Å². The van der Waals surface area contributed by atoms with E-state index in [2.05, 4.69) is 27.7 Å². The fraction of sp³-hybridized carbons (Fsp3) is 0.929. The maximum absolute atomic E-state index is 11.7. The van der Waals surface area contributed by atoms with Crippen LogP contribution >= 0.6 is 0 Å². The fourth-order valence-electron chi connectivity index (χ4n) is 1.42. The third kappa shape index (κ3) is 4.54. The Bertz CT molecular complexity index is 217. The predicted octanol–water partition coefficient (Wildman–Crippen LogP) is 4.32. The number of carbonyl (C=O) groups is 1. The topological polar surface area (TPSA) is 26.3 Å². The molecule has 2 heteroatoms. The quantitative estimate of drug-likeness (QED) is 0.479. The van der Waals surface area contributed by atoms with Gasteiger partial charge in [-0.05, 0) is 26.7 Å². The fourth-order valence-corrected chi connectivity index (χ4v) is 1.42. The van der Waals surface area contributed by atoms with Crippen molar-refractivity contribution in [1.29, 1.82) is 0 Å². The van der Waals surface area contributed by atoms with Crippen LogP contribution in [-0.2, 0) is 9.53 Å². The molecule has 0 aliphatic rings. The first-order valence-electron chi connectivity index (χ1n) is 6.48. The Kier molecular flexibility index (Phi) is 6.06. The van der Waals surface area contributed by atoms with Crippen LogP contribution in [0.2, 0.25) is 0 Å². The molecule has 0 aliphatic heterocycles. The molecule has 0 fully saturated rings. The highest BCUT2D eigenvalue weighted by atomic mass is 16.6.